The van der Waals surface area contributed by atoms with Gasteiger partial charge in [-0.3, -0.25) is 10.1 Å². The van der Waals surface area contributed by atoms with Crippen LogP contribution in [0.25, 0.3) is 0 Å². The van der Waals surface area contributed by atoms with Gasteiger partial charge >= 0.3 is 6.09 Å². The van der Waals surface area contributed by atoms with Crippen LogP contribution in [0.15, 0.2) is 0 Å². The average Bonchev–Trinajstić information content (AvgIpc) is 3.12. The Balaban J connectivity index is 6.61. The van der Waals surface area contributed by atoms with Crippen molar-refractivity contribution in [2.45, 2.75) is 112 Å². The third-order valence-electron chi connectivity index (χ3n) is 7.76. The summed E-state index contributed by atoms with van der Waals surface area (Å²) in [4.78, 5) is 25.6. The molecule has 14 atom stereocenters. The molecule has 0 aromatic rings. The molecule has 310 valence electrons. The zero-order valence-corrected chi connectivity index (χ0v) is 29.0. The van der Waals surface area contributed by atoms with Gasteiger partial charge in [0.1, 0.15) is 66.6 Å². The average molecular weight is 771 g/mol. The molecule has 14 unspecified atom stereocenters. The summed E-state index contributed by atoms with van der Waals surface area (Å²) in [6, 6.07) is -1.73. The van der Waals surface area contributed by atoms with Gasteiger partial charge < -0.3 is 102 Å². The van der Waals surface area contributed by atoms with Crippen LogP contribution in [0.1, 0.15) is 27.2 Å². The highest BCUT2D eigenvalue weighted by atomic mass is 16.6. The number of alkyl carbamates (subject to hydrolysis) is 1. The number of rotatable bonds is 26. The molecule has 52 heavy (non-hydrogen) atoms. The van der Waals surface area contributed by atoms with Gasteiger partial charge in [-0.05, 0) is 27.2 Å². The quantitative estimate of drug-likeness (QED) is 0.0220. The SMILES string of the molecule is CC(C)(C)OC(=O)NCC(CNCOC(O)C(O)C(O)C(O)CO)(CNC(=O)C(O)C(O)C(O)C(O)CO)CC(NO)C(O)C(O)C(O)C(O)CO. The number of aliphatic hydroxyl groups is 15. The molecule has 20 N–H and O–H groups in total. The summed E-state index contributed by atoms with van der Waals surface area (Å²) in [5.41, 5.74) is -1.10. The van der Waals surface area contributed by atoms with Gasteiger partial charge in [-0.1, -0.05) is 0 Å². The van der Waals surface area contributed by atoms with E-state index >= 15 is 0 Å². The fraction of sp³-hybridized carbons (Fsp3) is 0.929. The van der Waals surface area contributed by atoms with E-state index < -0.39 is 155 Å². The molecular formula is C28H58N4O20. The smallest absolute Gasteiger partial charge is 0.407 e. The Kier molecular flexibility index (Phi) is 22.8. The maximum absolute atomic E-state index is 12.9. The molecule has 0 spiro atoms. The van der Waals surface area contributed by atoms with Crippen molar-refractivity contribution in [3.8, 4) is 0 Å². The molecule has 0 heterocycles. The minimum Gasteiger partial charge on any atom is -0.444 e. The predicted molar refractivity (Wildman–Crippen MR) is 170 cm³/mol. The third-order valence-corrected chi connectivity index (χ3v) is 7.76. The lowest BCUT2D eigenvalue weighted by molar-refractivity contribution is -0.207. The number of nitrogens with one attached hydrogen (secondary N) is 4. The van der Waals surface area contributed by atoms with E-state index in [0.29, 0.717) is 0 Å². The summed E-state index contributed by atoms with van der Waals surface area (Å²) >= 11 is 0. The second-order valence-corrected chi connectivity index (χ2v) is 13.3. The van der Waals surface area contributed by atoms with Crippen LogP contribution in [0.3, 0.4) is 0 Å². The van der Waals surface area contributed by atoms with E-state index in [1.165, 1.54) is 20.8 Å². The van der Waals surface area contributed by atoms with E-state index in [4.69, 9.17) is 24.8 Å². The Morgan fingerprint density at radius 1 is 0.615 bits per heavy atom. The molecule has 0 saturated carbocycles. The van der Waals surface area contributed by atoms with E-state index in [2.05, 4.69) is 16.0 Å². The van der Waals surface area contributed by atoms with E-state index in [1.807, 2.05) is 0 Å². The van der Waals surface area contributed by atoms with Crippen molar-refractivity contribution >= 4 is 12.0 Å². The van der Waals surface area contributed by atoms with Crippen molar-refractivity contribution in [2.24, 2.45) is 5.41 Å². The molecule has 0 rings (SSSR count). The van der Waals surface area contributed by atoms with Gasteiger partial charge in [0.2, 0.25) is 0 Å². The molecule has 0 radical (unpaired) electrons. The monoisotopic (exact) mass is 770 g/mol. The maximum Gasteiger partial charge on any atom is 0.407 e. The number of carbonyl (C=O) groups is 2. The van der Waals surface area contributed by atoms with Gasteiger partial charge in [0.25, 0.3) is 5.91 Å². The standard InChI is InChI=1S/C28H58N4O20/c1-27(2,3)52-26(49)31-10-28(4-12(32-50)16(39)20(43)17(40)13(36)5-33,8-29-11-51-25(48)23(46)19(42)15(38)7-35)9-30-24(47)22(45)21(44)18(41)14(37)6-34/h12-23,25,29,32-46,48,50H,4-11H2,1-3H3,(H,30,47)(H,31,49). The topological polar surface area (TPSA) is 424 Å². The molecule has 24 heteroatoms. The minimum atomic E-state index is -2.45. The predicted octanol–water partition coefficient (Wildman–Crippen LogP) is -9.82. The lowest BCUT2D eigenvalue weighted by atomic mass is 9.78. The van der Waals surface area contributed by atoms with Gasteiger partial charge in [0.05, 0.1) is 32.6 Å². The van der Waals surface area contributed by atoms with Crippen LogP contribution < -0.4 is 21.4 Å². The van der Waals surface area contributed by atoms with Gasteiger partial charge in [-0.2, -0.15) is 5.48 Å². The molecule has 0 aromatic carbocycles. The van der Waals surface area contributed by atoms with Gasteiger partial charge in [0, 0.05) is 25.0 Å². The molecule has 0 bridgehead atoms. The summed E-state index contributed by atoms with van der Waals surface area (Å²) in [5.74, 6) is -1.40. The molecule has 0 aliphatic heterocycles. The lowest BCUT2D eigenvalue weighted by Crippen LogP contribution is -2.60. The Labute approximate surface area is 298 Å². The van der Waals surface area contributed by atoms with Crippen LogP contribution in [-0.4, -0.2) is 225 Å². The largest absolute Gasteiger partial charge is 0.444 e. The first-order valence-corrected chi connectivity index (χ1v) is 16.0. The Bertz CT molecular complexity index is 1010. The van der Waals surface area contributed by atoms with Crippen molar-refractivity contribution < 1.29 is 101 Å². The number of aliphatic hydroxyl groups excluding tert-OH is 15. The van der Waals surface area contributed by atoms with Crippen molar-refractivity contribution in [2.75, 3.05) is 46.2 Å². The highest BCUT2D eigenvalue weighted by Gasteiger charge is 2.42. The fourth-order valence-corrected chi connectivity index (χ4v) is 4.58. The first-order valence-electron chi connectivity index (χ1n) is 16.0. The maximum atomic E-state index is 12.9. The van der Waals surface area contributed by atoms with Crippen molar-refractivity contribution in [3.63, 3.8) is 0 Å². The Hall–Kier alpha value is -2.02. The second-order valence-electron chi connectivity index (χ2n) is 13.3. The van der Waals surface area contributed by atoms with Gasteiger partial charge in [-0.15, -0.1) is 0 Å². The van der Waals surface area contributed by atoms with Crippen LogP contribution in [0.4, 0.5) is 4.79 Å². The number of hydroxylamine groups is 1. The van der Waals surface area contributed by atoms with Crippen molar-refractivity contribution in [3.05, 3.63) is 0 Å². The third kappa shape index (κ3) is 16.6. The van der Waals surface area contributed by atoms with E-state index in [-0.39, 0.29) is 0 Å². The van der Waals surface area contributed by atoms with Gasteiger partial charge in [0.15, 0.2) is 12.4 Å². The van der Waals surface area contributed by atoms with E-state index in [1.54, 1.807) is 5.48 Å². The first kappa shape index (κ1) is 50.0. The van der Waals surface area contributed by atoms with Crippen LogP contribution in [0.5, 0.6) is 0 Å². The number of amides is 2. The Morgan fingerprint density at radius 2 is 1.08 bits per heavy atom. The zero-order chi connectivity index (χ0) is 40.6. The van der Waals surface area contributed by atoms with Crippen LogP contribution in [0, 0.1) is 5.41 Å². The summed E-state index contributed by atoms with van der Waals surface area (Å²) in [7, 11) is 0. The highest BCUT2D eigenvalue weighted by molar-refractivity contribution is 5.81. The molecule has 2 amide bonds. The fourth-order valence-electron chi connectivity index (χ4n) is 4.58. The molecule has 24 nitrogen and oxygen atoms in total. The van der Waals surface area contributed by atoms with Crippen molar-refractivity contribution in [1.29, 1.82) is 0 Å². The molecule has 0 saturated heterocycles. The normalized spacial score (nSPS) is 21.1. The van der Waals surface area contributed by atoms with E-state index in [9.17, 15) is 76.1 Å². The molecule has 0 fully saturated rings. The highest BCUT2D eigenvalue weighted by Crippen LogP contribution is 2.26. The van der Waals surface area contributed by atoms with Crippen molar-refractivity contribution in [1.82, 2.24) is 21.4 Å². The lowest BCUT2D eigenvalue weighted by Gasteiger charge is -2.40. The van der Waals surface area contributed by atoms with Crippen LogP contribution in [0.2, 0.25) is 0 Å². The first-order chi connectivity index (χ1) is 24.0. The number of hydrogen-bond donors (Lipinski definition) is 20. The van der Waals surface area contributed by atoms with E-state index in [0.717, 1.165) is 0 Å². The number of ether oxygens (including phenoxy) is 2. The minimum absolute atomic E-state index is 0.513. The zero-order valence-electron chi connectivity index (χ0n) is 29.0. The molecule has 0 aromatic heterocycles. The summed E-state index contributed by atoms with van der Waals surface area (Å²) in [6.45, 7) is -1.04. The molecule has 0 aliphatic carbocycles. The second kappa shape index (κ2) is 23.7. The molecular weight excluding hydrogens is 712 g/mol. The van der Waals surface area contributed by atoms with Gasteiger partial charge in [-0.25, -0.2) is 4.79 Å². The Morgan fingerprint density at radius 3 is 1.54 bits per heavy atom. The molecule has 0 aliphatic rings. The van der Waals surface area contributed by atoms with Crippen LogP contribution >= 0.6 is 0 Å². The summed E-state index contributed by atoms with van der Waals surface area (Å²) < 4.78 is 10.2. The summed E-state index contributed by atoms with van der Waals surface area (Å²) in [6.07, 6.45) is -27.4. The van der Waals surface area contributed by atoms with Crippen LogP contribution in [-0.2, 0) is 14.3 Å². The summed E-state index contributed by atoms with van der Waals surface area (Å²) in [5, 5.41) is 165. The number of carbonyl (C=O) groups excluding carboxylic acids is 2. The number of hydrogen-bond acceptors (Lipinski definition) is 22.